The zero-order valence-electron chi connectivity index (χ0n) is 12.7. The van der Waals surface area contributed by atoms with Crippen molar-refractivity contribution in [1.29, 1.82) is 0 Å². The molecule has 1 aromatic carbocycles. The molecule has 0 bridgehead atoms. The molecule has 102 valence electrons. The molecular formula is C17H29N. The topological polar surface area (TPSA) is 12.0 Å². The second-order valence-corrected chi connectivity index (χ2v) is 5.79. The molecule has 1 N–H and O–H groups in total. The van der Waals surface area contributed by atoms with Crippen molar-refractivity contribution in [2.75, 3.05) is 6.54 Å². The van der Waals surface area contributed by atoms with E-state index in [1.165, 1.54) is 30.4 Å². The summed E-state index contributed by atoms with van der Waals surface area (Å²) < 4.78 is 0. The molecule has 0 heterocycles. The maximum Gasteiger partial charge on any atom is 0.00725 e. The zero-order valence-corrected chi connectivity index (χ0v) is 12.7. The normalized spacial score (nSPS) is 13.0. The first-order valence-corrected chi connectivity index (χ1v) is 7.33. The van der Waals surface area contributed by atoms with Gasteiger partial charge in [-0.15, -0.1) is 0 Å². The molecule has 1 rings (SSSR count). The molecule has 0 aliphatic rings. The van der Waals surface area contributed by atoms with Crippen molar-refractivity contribution >= 4 is 0 Å². The van der Waals surface area contributed by atoms with Gasteiger partial charge < -0.3 is 5.32 Å². The molecule has 0 saturated heterocycles. The number of aryl methyl sites for hydroxylation is 2. The van der Waals surface area contributed by atoms with Gasteiger partial charge in [0.05, 0.1) is 0 Å². The van der Waals surface area contributed by atoms with Crippen molar-refractivity contribution < 1.29 is 0 Å². The summed E-state index contributed by atoms with van der Waals surface area (Å²) in [6.45, 7) is 12.4. The van der Waals surface area contributed by atoms with Gasteiger partial charge in [0.15, 0.2) is 0 Å². The van der Waals surface area contributed by atoms with Crippen LogP contribution < -0.4 is 5.32 Å². The van der Waals surface area contributed by atoms with Gasteiger partial charge in [0.1, 0.15) is 0 Å². The van der Waals surface area contributed by atoms with Gasteiger partial charge in [-0.3, -0.25) is 0 Å². The number of rotatable bonds is 7. The minimum atomic E-state index is 0.661. The molecule has 0 amide bonds. The van der Waals surface area contributed by atoms with Gasteiger partial charge in [-0.1, -0.05) is 39.0 Å². The Balaban J connectivity index is 2.60. The average Bonchev–Trinajstić information content (AvgIpc) is 2.27. The van der Waals surface area contributed by atoms with Crippen LogP contribution in [0, 0.1) is 19.8 Å². The van der Waals surface area contributed by atoms with Crippen LogP contribution in [-0.2, 0) is 6.42 Å². The van der Waals surface area contributed by atoms with E-state index < -0.39 is 0 Å². The smallest absolute Gasteiger partial charge is 0.00725 e. The van der Waals surface area contributed by atoms with Crippen molar-refractivity contribution in [2.45, 2.75) is 59.9 Å². The van der Waals surface area contributed by atoms with Crippen LogP contribution >= 0.6 is 0 Å². The van der Waals surface area contributed by atoms with Crippen molar-refractivity contribution in [1.82, 2.24) is 5.32 Å². The lowest BCUT2D eigenvalue weighted by atomic mass is 9.93. The van der Waals surface area contributed by atoms with E-state index in [1.807, 2.05) is 0 Å². The van der Waals surface area contributed by atoms with Crippen molar-refractivity contribution in [3.8, 4) is 0 Å². The van der Waals surface area contributed by atoms with Crippen LogP contribution in [-0.4, -0.2) is 12.6 Å². The van der Waals surface area contributed by atoms with Gasteiger partial charge >= 0.3 is 0 Å². The van der Waals surface area contributed by atoms with E-state index in [0.29, 0.717) is 6.04 Å². The quantitative estimate of drug-likeness (QED) is 0.759. The highest BCUT2D eigenvalue weighted by atomic mass is 14.9. The monoisotopic (exact) mass is 247 g/mol. The Hall–Kier alpha value is -0.820. The zero-order chi connectivity index (χ0) is 13.5. The SMILES string of the molecule is CCNC(CCc1c(C)cccc1C)CC(C)C. The van der Waals surface area contributed by atoms with Gasteiger partial charge in [-0.2, -0.15) is 0 Å². The summed E-state index contributed by atoms with van der Waals surface area (Å²) in [5.41, 5.74) is 4.42. The van der Waals surface area contributed by atoms with Crippen LogP contribution in [0.25, 0.3) is 0 Å². The fraction of sp³-hybridized carbons (Fsp3) is 0.647. The number of hydrogen-bond acceptors (Lipinski definition) is 1. The fourth-order valence-electron chi connectivity index (χ4n) is 2.72. The highest BCUT2D eigenvalue weighted by molar-refractivity contribution is 5.33. The molecule has 18 heavy (non-hydrogen) atoms. The first-order chi connectivity index (χ1) is 8.54. The Morgan fingerprint density at radius 1 is 1.11 bits per heavy atom. The van der Waals surface area contributed by atoms with Crippen molar-refractivity contribution in [3.63, 3.8) is 0 Å². The number of hydrogen-bond donors (Lipinski definition) is 1. The lowest BCUT2D eigenvalue weighted by Crippen LogP contribution is -2.30. The van der Waals surface area contributed by atoms with Crippen molar-refractivity contribution in [3.05, 3.63) is 34.9 Å². The third-order valence-corrected chi connectivity index (χ3v) is 3.64. The second kappa shape index (κ2) is 7.58. The standard InChI is InChI=1S/C17H29N/c1-6-18-16(12-13(2)3)10-11-17-14(4)8-7-9-15(17)5/h7-9,13,16,18H,6,10-12H2,1-5H3. The molecule has 1 unspecified atom stereocenters. The molecular weight excluding hydrogens is 218 g/mol. The van der Waals surface area contributed by atoms with Gasteiger partial charge in [0.2, 0.25) is 0 Å². The summed E-state index contributed by atoms with van der Waals surface area (Å²) in [6, 6.07) is 7.28. The predicted molar refractivity (Wildman–Crippen MR) is 81.2 cm³/mol. The van der Waals surface area contributed by atoms with E-state index >= 15 is 0 Å². The molecule has 1 atom stereocenters. The predicted octanol–water partition coefficient (Wildman–Crippen LogP) is 4.26. The summed E-state index contributed by atoms with van der Waals surface area (Å²) in [7, 11) is 0. The van der Waals surface area contributed by atoms with Gasteiger partial charge in [0.25, 0.3) is 0 Å². The molecule has 0 saturated carbocycles. The fourth-order valence-corrected chi connectivity index (χ4v) is 2.72. The summed E-state index contributed by atoms with van der Waals surface area (Å²) in [4.78, 5) is 0. The lowest BCUT2D eigenvalue weighted by molar-refractivity contribution is 0.405. The van der Waals surface area contributed by atoms with Crippen molar-refractivity contribution in [2.24, 2.45) is 5.92 Å². The first kappa shape index (κ1) is 15.2. The van der Waals surface area contributed by atoms with Gasteiger partial charge in [-0.25, -0.2) is 0 Å². The molecule has 0 aliphatic heterocycles. The molecule has 0 spiro atoms. The molecule has 1 nitrogen and oxygen atoms in total. The van der Waals surface area contributed by atoms with Crippen LogP contribution in [0.15, 0.2) is 18.2 Å². The molecule has 1 aromatic rings. The van der Waals surface area contributed by atoms with Gasteiger partial charge in [-0.05, 0) is 62.3 Å². The van der Waals surface area contributed by atoms with Gasteiger partial charge in [0, 0.05) is 6.04 Å². The second-order valence-electron chi connectivity index (χ2n) is 5.79. The summed E-state index contributed by atoms with van der Waals surface area (Å²) >= 11 is 0. The van der Waals surface area contributed by atoms with E-state index in [1.54, 1.807) is 5.56 Å². The first-order valence-electron chi connectivity index (χ1n) is 7.33. The van der Waals surface area contributed by atoms with Crippen LogP contribution in [0.3, 0.4) is 0 Å². The van der Waals surface area contributed by atoms with E-state index in [2.05, 4.69) is 58.1 Å². The maximum absolute atomic E-state index is 3.62. The van der Waals surface area contributed by atoms with E-state index in [-0.39, 0.29) is 0 Å². The average molecular weight is 247 g/mol. The van der Waals surface area contributed by atoms with E-state index in [4.69, 9.17) is 0 Å². The maximum atomic E-state index is 3.62. The third kappa shape index (κ3) is 4.81. The van der Waals surface area contributed by atoms with Crippen LogP contribution in [0.5, 0.6) is 0 Å². The molecule has 0 aromatic heterocycles. The summed E-state index contributed by atoms with van der Waals surface area (Å²) in [5, 5.41) is 3.62. The third-order valence-electron chi connectivity index (χ3n) is 3.64. The largest absolute Gasteiger partial charge is 0.314 e. The van der Waals surface area contributed by atoms with E-state index in [9.17, 15) is 0 Å². The minimum Gasteiger partial charge on any atom is -0.314 e. The Labute approximate surface area is 113 Å². The highest BCUT2D eigenvalue weighted by Gasteiger charge is 2.11. The Bertz CT molecular complexity index is 334. The number of nitrogens with one attached hydrogen (secondary N) is 1. The van der Waals surface area contributed by atoms with Crippen LogP contribution in [0.2, 0.25) is 0 Å². The number of benzene rings is 1. The summed E-state index contributed by atoms with van der Waals surface area (Å²) in [5.74, 6) is 0.770. The lowest BCUT2D eigenvalue weighted by Gasteiger charge is -2.21. The van der Waals surface area contributed by atoms with E-state index in [0.717, 1.165) is 12.5 Å². The highest BCUT2D eigenvalue weighted by Crippen LogP contribution is 2.18. The molecule has 0 aliphatic carbocycles. The van der Waals surface area contributed by atoms with Crippen LogP contribution in [0.4, 0.5) is 0 Å². The molecule has 0 fully saturated rings. The Kier molecular flexibility index (Phi) is 6.42. The Morgan fingerprint density at radius 3 is 2.22 bits per heavy atom. The molecule has 0 radical (unpaired) electrons. The molecule has 1 heteroatoms. The Morgan fingerprint density at radius 2 is 1.72 bits per heavy atom. The minimum absolute atomic E-state index is 0.661. The summed E-state index contributed by atoms with van der Waals surface area (Å²) in [6.07, 6.45) is 3.72. The van der Waals surface area contributed by atoms with Crippen LogP contribution in [0.1, 0.15) is 50.3 Å².